The van der Waals surface area contributed by atoms with Gasteiger partial charge in [-0.3, -0.25) is 4.79 Å². The molecule has 0 saturated carbocycles. The molecule has 29 heavy (non-hydrogen) atoms. The first kappa shape index (κ1) is 18.4. The van der Waals surface area contributed by atoms with Gasteiger partial charge in [0.05, 0.1) is 13.7 Å². The van der Waals surface area contributed by atoms with Crippen LogP contribution in [0.4, 0.5) is 0 Å². The highest BCUT2D eigenvalue weighted by atomic mass is 16.5. The molecule has 8 heteroatoms. The first-order valence-electron chi connectivity index (χ1n) is 8.88. The van der Waals surface area contributed by atoms with Gasteiger partial charge in [0.1, 0.15) is 11.4 Å². The molecule has 0 atom stereocenters. The highest BCUT2D eigenvalue weighted by molar-refractivity contribution is 5.92. The molecule has 1 amide bonds. The quantitative estimate of drug-likeness (QED) is 0.496. The molecular weight excluding hydrogens is 372 g/mol. The Balaban J connectivity index is 1.46. The van der Waals surface area contributed by atoms with Gasteiger partial charge in [-0.1, -0.05) is 35.5 Å². The fourth-order valence-electron chi connectivity index (χ4n) is 2.77. The molecule has 2 aromatic heterocycles. The van der Waals surface area contributed by atoms with E-state index in [0.717, 1.165) is 11.1 Å². The monoisotopic (exact) mass is 390 g/mol. The molecule has 2 heterocycles. The maximum Gasteiger partial charge on any atom is 0.292 e. The van der Waals surface area contributed by atoms with Gasteiger partial charge in [-0.2, -0.15) is 0 Å². The fourth-order valence-corrected chi connectivity index (χ4v) is 2.77. The largest absolute Gasteiger partial charge is 0.497 e. The molecule has 0 radical (unpaired) electrons. The number of hydrogen-bond acceptors (Lipinski definition) is 7. The van der Waals surface area contributed by atoms with Crippen molar-refractivity contribution < 1.29 is 18.5 Å². The lowest BCUT2D eigenvalue weighted by molar-refractivity contribution is 0.0731. The second-order valence-corrected chi connectivity index (χ2v) is 6.34. The standard InChI is InChI=1S/C21H18N4O4/c1-25(13-19-22-23-20(28-19)14-7-4-3-5-8-14)21(26)18-12-17(24-29-18)15-9-6-10-16(11-15)27-2/h3-12H,13H2,1-2H3. The number of ether oxygens (including phenoxy) is 1. The average Bonchev–Trinajstić information content (AvgIpc) is 3.44. The molecule has 0 aliphatic heterocycles. The van der Waals surface area contributed by atoms with Crippen LogP contribution in [0.1, 0.15) is 16.4 Å². The third-order valence-corrected chi connectivity index (χ3v) is 4.29. The van der Waals surface area contributed by atoms with Crippen molar-refractivity contribution >= 4 is 5.91 Å². The molecule has 4 rings (SSSR count). The smallest absolute Gasteiger partial charge is 0.292 e. The topological polar surface area (TPSA) is 94.5 Å². The normalized spacial score (nSPS) is 10.7. The summed E-state index contributed by atoms with van der Waals surface area (Å²) >= 11 is 0. The summed E-state index contributed by atoms with van der Waals surface area (Å²) in [5, 5.41) is 12.0. The number of hydrogen-bond donors (Lipinski definition) is 0. The van der Waals surface area contributed by atoms with Gasteiger partial charge in [0, 0.05) is 24.2 Å². The maximum absolute atomic E-state index is 12.7. The van der Waals surface area contributed by atoms with Gasteiger partial charge < -0.3 is 18.6 Å². The lowest BCUT2D eigenvalue weighted by Gasteiger charge is -2.12. The molecule has 0 N–H and O–H groups in total. The molecule has 8 nitrogen and oxygen atoms in total. The number of aromatic nitrogens is 3. The molecule has 0 fully saturated rings. The van der Waals surface area contributed by atoms with Crippen molar-refractivity contribution in [2.75, 3.05) is 14.2 Å². The molecule has 0 unspecified atom stereocenters. The molecular formula is C21H18N4O4. The van der Waals surface area contributed by atoms with E-state index in [-0.39, 0.29) is 18.2 Å². The van der Waals surface area contributed by atoms with E-state index in [4.69, 9.17) is 13.7 Å². The molecule has 2 aromatic carbocycles. The number of benzene rings is 2. The molecule has 0 aliphatic carbocycles. The van der Waals surface area contributed by atoms with Gasteiger partial charge in [-0.05, 0) is 24.3 Å². The van der Waals surface area contributed by atoms with Crippen LogP contribution in [0.2, 0.25) is 0 Å². The summed E-state index contributed by atoms with van der Waals surface area (Å²) in [6.45, 7) is 0.147. The van der Waals surface area contributed by atoms with Gasteiger partial charge >= 0.3 is 0 Å². The number of nitrogens with zero attached hydrogens (tertiary/aromatic N) is 4. The zero-order valence-corrected chi connectivity index (χ0v) is 15.9. The molecule has 0 aliphatic rings. The van der Waals surface area contributed by atoms with Crippen LogP contribution >= 0.6 is 0 Å². The lowest BCUT2D eigenvalue weighted by atomic mass is 10.1. The van der Waals surface area contributed by atoms with Crippen molar-refractivity contribution in [1.29, 1.82) is 0 Å². The van der Waals surface area contributed by atoms with Gasteiger partial charge in [0.25, 0.3) is 5.91 Å². The van der Waals surface area contributed by atoms with Crippen LogP contribution in [0, 0.1) is 0 Å². The van der Waals surface area contributed by atoms with Gasteiger partial charge in [-0.25, -0.2) is 0 Å². The van der Waals surface area contributed by atoms with E-state index in [1.807, 2.05) is 54.6 Å². The SMILES string of the molecule is COc1cccc(-c2cc(C(=O)N(C)Cc3nnc(-c4ccccc4)o3)on2)c1. The highest BCUT2D eigenvalue weighted by Crippen LogP contribution is 2.24. The number of carbonyl (C=O) groups excluding carboxylic acids is 1. The number of amides is 1. The summed E-state index contributed by atoms with van der Waals surface area (Å²) < 4.78 is 16.1. The maximum atomic E-state index is 12.7. The summed E-state index contributed by atoms with van der Waals surface area (Å²) in [4.78, 5) is 14.1. The fraction of sp³-hybridized carbons (Fsp3) is 0.143. The number of methoxy groups -OCH3 is 1. The molecule has 0 saturated heterocycles. The first-order chi connectivity index (χ1) is 14.1. The molecule has 4 aromatic rings. The molecule has 146 valence electrons. The van der Waals surface area contributed by atoms with Crippen molar-refractivity contribution in [3.8, 4) is 28.5 Å². The van der Waals surface area contributed by atoms with Crippen LogP contribution in [-0.2, 0) is 6.54 Å². The van der Waals surface area contributed by atoms with Crippen molar-refractivity contribution in [2.45, 2.75) is 6.54 Å². The predicted octanol–water partition coefficient (Wildman–Crippen LogP) is 3.67. The summed E-state index contributed by atoms with van der Waals surface area (Å²) in [5.74, 6) is 1.20. The van der Waals surface area contributed by atoms with E-state index in [9.17, 15) is 4.79 Å². The second-order valence-electron chi connectivity index (χ2n) is 6.34. The van der Waals surface area contributed by atoms with Crippen LogP contribution in [-0.4, -0.2) is 40.3 Å². The third kappa shape index (κ3) is 4.01. The zero-order valence-electron chi connectivity index (χ0n) is 15.9. The van der Waals surface area contributed by atoms with Crippen molar-refractivity contribution in [2.24, 2.45) is 0 Å². The van der Waals surface area contributed by atoms with Gasteiger partial charge in [0.15, 0.2) is 0 Å². The Hall–Kier alpha value is -3.94. The van der Waals surface area contributed by atoms with Crippen LogP contribution in [0.15, 0.2) is 69.6 Å². The van der Waals surface area contributed by atoms with Crippen LogP contribution < -0.4 is 4.74 Å². The summed E-state index contributed by atoms with van der Waals surface area (Å²) in [7, 11) is 3.22. The zero-order chi connectivity index (χ0) is 20.2. The van der Waals surface area contributed by atoms with E-state index in [1.165, 1.54) is 4.90 Å². The highest BCUT2D eigenvalue weighted by Gasteiger charge is 2.20. The average molecular weight is 390 g/mol. The minimum Gasteiger partial charge on any atom is -0.497 e. The number of carbonyl (C=O) groups is 1. The summed E-state index contributed by atoms with van der Waals surface area (Å²) in [5.41, 5.74) is 2.16. The predicted molar refractivity (Wildman–Crippen MR) is 104 cm³/mol. The molecule has 0 spiro atoms. The third-order valence-electron chi connectivity index (χ3n) is 4.29. The second kappa shape index (κ2) is 7.97. The number of rotatable bonds is 6. The summed E-state index contributed by atoms with van der Waals surface area (Å²) in [6, 6.07) is 18.4. The van der Waals surface area contributed by atoms with E-state index >= 15 is 0 Å². The van der Waals surface area contributed by atoms with E-state index in [1.54, 1.807) is 20.2 Å². The van der Waals surface area contributed by atoms with Crippen molar-refractivity contribution in [3.63, 3.8) is 0 Å². The Morgan fingerprint density at radius 1 is 1.03 bits per heavy atom. The van der Waals surface area contributed by atoms with Crippen LogP contribution in [0.25, 0.3) is 22.7 Å². The van der Waals surface area contributed by atoms with Crippen molar-refractivity contribution in [3.05, 3.63) is 72.3 Å². The minimum atomic E-state index is -0.342. The van der Waals surface area contributed by atoms with E-state index in [2.05, 4.69) is 15.4 Å². The Labute approximate surface area is 166 Å². The first-order valence-corrected chi connectivity index (χ1v) is 8.88. The Morgan fingerprint density at radius 2 is 1.83 bits per heavy atom. The minimum absolute atomic E-state index is 0.119. The van der Waals surface area contributed by atoms with Crippen LogP contribution in [0.3, 0.4) is 0 Å². The Kier molecular flexibility index (Phi) is 5.07. The summed E-state index contributed by atoms with van der Waals surface area (Å²) in [6.07, 6.45) is 0. The van der Waals surface area contributed by atoms with E-state index < -0.39 is 0 Å². The Morgan fingerprint density at radius 3 is 2.62 bits per heavy atom. The van der Waals surface area contributed by atoms with E-state index in [0.29, 0.717) is 23.2 Å². The Bertz CT molecular complexity index is 1120. The lowest BCUT2D eigenvalue weighted by Crippen LogP contribution is -2.26. The van der Waals surface area contributed by atoms with Gasteiger partial charge in [0.2, 0.25) is 17.5 Å². The van der Waals surface area contributed by atoms with Crippen LogP contribution in [0.5, 0.6) is 5.75 Å². The molecule has 0 bridgehead atoms. The van der Waals surface area contributed by atoms with Crippen molar-refractivity contribution in [1.82, 2.24) is 20.3 Å². The van der Waals surface area contributed by atoms with Gasteiger partial charge in [-0.15, -0.1) is 10.2 Å².